The summed E-state index contributed by atoms with van der Waals surface area (Å²) >= 11 is 0. The number of carbonyl (C=O) groups is 3. The first kappa shape index (κ1) is 12.9. The van der Waals surface area contributed by atoms with E-state index in [0.29, 0.717) is 0 Å². The SMILES string of the molecule is C=CC(=O)OC(=O)C(C)=O.[MgH2]. The summed E-state index contributed by atoms with van der Waals surface area (Å²) in [4.78, 5) is 30.6. The van der Waals surface area contributed by atoms with Crippen molar-refractivity contribution in [3.8, 4) is 0 Å². The second-order valence-electron chi connectivity index (χ2n) is 1.47. The number of hydrogen-bond donors (Lipinski definition) is 0. The van der Waals surface area contributed by atoms with Gasteiger partial charge in [-0.2, -0.15) is 0 Å². The molecule has 0 aliphatic heterocycles. The van der Waals surface area contributed by atoms with Gasteiger partial charge in [0, 0.05) is 13.0 Å². The summed E-state index contributed by atoms with van der Waals surface area (Å²) in [5, 5.41) is 0. The van der Waals surface area contributed by atoms with Gasteiger partial charge in [-0.15, -0.1) is 0 Å². The Bertz CT molecular complexity index is 197. The Labute approximate surface area is 79.7 Å². The number of rotatable bonds is 2. The van der Waals surface area contributed by atoms with Crippen LogP contribution in [0.1, 0.15) is 6.92 Å². The van der Waals surface area contributed by atoms with Crippen molar-refractivity contribution in [2.75, 3.05) is 0 Å². The molecule has 0 aromatic rings. The van der Waals surface area contributed by atoms with Crippen LogP contribution in [0.5, 0.6) is 0 Å². The van der Waals surface area contributed by atoms with Crippen LogP contribution in [0.25, 0.3) is 0 Å². The van der Waals surface area contributed by atoms with Gasteiger partial charge in [-0.1, -0.05) is 6.58 Å². The molecule has 0 aliphatic carbocycles. The molecule has 0 atom stereocenters. The van der Waals surface area contributed by atoms with Crippen LogP contribution in [0.2, 0.25) is 0 Å². The number of esters is 2. The van der Waals surface area contributed by atoms with E-state index in [-0.39, 0.29) is 23.1 Å². The molecular weight excluding hydrogens is 160 g/mol. The average Bonchev–Trinajstić information content (AvgIpc) is 1.87. The molecule has 0 saturated carbocycles. The number of ketones is 1. The van der Waals surface area contributed by atoms with Gasteiger partial charge in [-0.25, -0.2) is 9.59 Å². The van der Waals surface area contributed by atoms with Gasteiger partial charge in [-0.3, -0.25) is 4.79 Å². The number of hydrogen-bond acceptors (Lipinski definition) is 4. The summed E-state index contributed by atoms with van der Waals surface area (Å²) in [6.45, 7) is 4.05. The maximum atomic E-state index is 10.3. The maximum Gasteiger partial charge on any atom is 0.382 e. The zero-order chi connectivity index (χ0) is 8.15. The van der Waals surface area contributed by atoms with E-state index >= 15 is 0 Å². The second-order valence-corrected chi connectivity index (χ2v) is 1.47. The molecule has 0 fully saturated rings. The fraction of sp³-hybridized carbons (Fsp3) is 0.167. The molecule has 0 aromatic heterocycles. The highest BCUT2D eigenvalue weighted by Gasteiger charge is 2.11. The Balaban J connectivity index is 0. The third-order valence-corrected chi connectivity index (χ3v) is 0.647. The number of Topliss-reactive ketones (excluding diaryl/α,β-unsaturated/α-hetero) is 1. The molecule has 58 valence electrons. The van der Waals surface area contributed by atoms with E-state index in [0.717, 1.165) is 13.0 Å². The average molecular weight is 168 g/mol. The summed E-state index contributed by atoms with van der Waals surface area (Å²) in [5.74, 6) is -2.89. The zero-order valence-electron chi connectivity index (χ0n) is 5.42. The fourth-order valence-corrected chi connectivity index (χ4v) is 0.205. The molecule has 0 aromatic carbocycles. The molecule has 0 rings (SSSR count). The van der Waals surface area contributed by atoms with Gasteiger partial charge in [0.05, 0.1) is 0 Å². The standard InChI is InChI=1S/C6H6O4.Mg.2H/c1-3-5(8)10-6(9)4(2)7;;;/h3H,1H2,2H3;;;. The van der Waals surface area contributed by atoms with Crippen LogP contribution in [-0.2, 0) is 19.1 Å². The van der Waals surface area contributed by atoms with Gasteiger partial charge in [0.2, 0.25) is 5.78 Å². The third kappa shape index (κ3) is 5.75. The molecule has 0 aliphatic rings. The van der Waals surface area contributed by atoms with Crippen molar-refractivity contribution in [2.24, 2.45) is 0 Å². The molecule has 0 unspecified atom stereocenters. The molecule has 0 spiro atoms. The predicted octanol–water partition coefficient (Wildman–Crippen LogP) is -1.09. The summed E-state index contributed by atoms with van der Waals surface area (Å²) in [7, 11) is 0. The minimum absolute atomic E-state index is 0. The summed E-state index contributed by atoms with van der Waals surface area (Å²) in [6, 6.07) is 0. The molecule has 5 heteroatoms. The van der Waals surface area contributed by atoms with E-state index in [4.69, 9.17) is 0 Å². The maximum absolute atomic E-state index is 10.3. The van der Waals surface area contributed by atoms with E-state index < -0.39 is 17.7 Å². The van der Waals surface area contributed by atoms with Crippen LogP contribution in [0.3, 0.4) is 0 Å². The lowest BCUT2D eigenvalue weighted by Gasteiger charge is -1.92. The largest absolute Gasteiger partial charge is 0.384 e. The van der Waals surface area contributed by atoms with Crippen LogP contribution >= 0.6 is 0 Å². The smallest absolute Gasteiger partial charge is 0.382 e. The Morgan fingerprint density at radius 2 is 1.82 bits per heavy atom. The van der Waals surface area contributed by atoms with E-state index in [1.54, 1.807) is 0 Å². The van der Waals surface area contributed by atoms with Crippen molar-refractivity contribution < 1.29 is 19.1 Å². The lowest BCUT2D eigenvalue weighted by Crippen LogP contribution is -2.16. The first-order valence-electron chi connectivity index (χ1n) is 2.47. The minimum Gasteiger partial charge on any atom is -0.384 e. The molecule has 0 N–H and O–H groups in total. The van der Waals surface area contributed by atoms with Gasteiger partial charge in [0.1, 0.15) is 0 Å². The van der Waals surface area contributed by atoms with Crippen LogP contribution in [0, 0.1) is 0 Å². The summed E-state index contributed by atoms with van der Waals surface area (Å²) in [5.41, 5.74) is 0. The fourth-order valence-electron chi connectivity index (χ4n) is 0.205. The highest BCUT2D eigenvalue weighted by atomic mass is 24.3. The molecule has 0 amide bonds. The number of ether oxygens (including phenoxy) is 1. The highest BCUT2D eigenvalue weighted by molar-refractivity contribution is 6.34. The zero-order valence-corrected chi connectivity index (χ0v) is 5.42. The van der Waals surface area contributed by atoms with Crippen molar-refractivity contribution in [3.05, 3.63) is 12.7 Å². The second kappa shape index (κ2) is 6.05. The van der Waals surface area contributed by atoms with Crippen LogP contribution < -0.4 is 0 Å². The van der Waals surface area contributed by atoms with E-state index in [2.05, 4.69) is 11.3 Å². The minimum atomic E-state index is -1.16. The van der Waals surface area contributed by atoms with Gasteiger partial charge in [-0.05, 0) is 0 Å². The Kier molecular flexibility index (Phi) is 7.13. The lowest BCUT2D eigenvalue weighted by molar-refractivity contribution is -0.161. The quantitative estimate of drug-likeness (QED) is 0.173. The lowest BCUT2D eigenvalue weighted by atomic mass is 10.5. The van der Waals surface area contributed by atoms with Gasteiger partial charge < -0.3 is 4.74 Å². The Hall–Kier alpha value is -0.684. The van der Waals surface area contributed by atoms with Crippen LogP contribution in [0.4, 0.5) is 0 Å². The first-order valence-corrected chi connectivity index (χ1v) is 2.47. The van der Waals surface area contributed by atoms with Crippen LogP contribution in [-0.4, -0.2) is 40.8 Å². The van der Waals surface area contributed by atoms with E-state index in [1.165, 1.54) is 0 Å². The normalized spacial score (nSPS) is 7.36. The number of carbonyl (C=O) groups excluding carboxylic acids is 3. The topological polar surface area (TPSA) is 60.4 Å². The monoisotopic (exact) mass is 168 g/mol. The Morgan fingerprint density at radius 3 is 2.09 bits per heavy atom. The molecule has 0 radical (unpaired) electrons. The highest BCUT2D eigenvalue weighted by Crippen LogP contribution is 1.82. The van der Waals surface area contributed by atoms with Gasteiger partial charge in [0.25, 0.3) is 0 Å². The molecular formula is C6H8MgO4. The predicted molar refractivity (Wildman–Crippen MR) is 40.5 cm³/mol. The van der Waals surface area contributed by atoms with E-state index in [1.807, 2.05) is 0 Å². The van der Waals surface area contributed by atoms with Crippen molar-refractivity contribution in [2.45, 2.75) is 6.92 Å². The van der Waals surface area contributed by atoms with Gasteiger partial charge >= 0.3 is 35.0 Å². The van der Waals surface area contributed by atoms with Crippen molar-refractivity contribution in [3.63, 3.8) is 0 Å². The van der Waals surface area contributed by atoms with Gasteiger partial charge in [0.15, 0.2) is 0 Å². The summed E-state index contributed by atoms with van der Waals surface area (Å²) in [6.07, 6.45) is 0.806. The molecule has 0 bridgehead atoms. The molecule has 11 heavy (non-hydrogen) atoms. The van der Waals surface area contributed by atoms with Crippen molar-refractivity contribution in [1.82, 2.24) is 0 Å². The Morgan fingerprint density at radius 1 is 1.36 bits per heavy atom. The van der Waals surface area contributed by atoms with Crippen molar-refractivity contribution >= 4 is 40.8 Å². The molecule has 0 saturated heterocycles. The molecule has 0 heterocycles. The van der Waals surface area contributed by atoms with Crippen LogP contribution in [0.15, 0.2) is 12.7 Å². The van der Waals surface area contributed by atoms with Crippen molar-refractivity contribution in [1.29, 1.82) is 0 Å². The third-order valence-electron chi connectivity index (χ3n) is 0.647. The van der Waals surface area contributed by atoms with E-state index in [9.17, 15) is 14.4 Å². The molecule has 4 nitrogen and oxygen atoms in total. The summed E-state index contributed by atoms with van der Waals surface area (Å²) < 4.78 is 3.92. The first-order chi connectivity index (χ1) is 4.57.